The second kappa shape index (κ2) is 4.98. The lowest BCUT2D eigenvalue weighted by molar-refractivity contribution is -0.149. The number of rotatable bonds is 2. The molecule has 1 unspecified atom stereocenters. The third kappa shape index (κ3) is 3.83. The largest absolute Gasteiger partial charge is 0.401 e. The molecule has 3 nitrogen and oxygen atoms in total. The highest BCUT2D eigenvalue weighted by molar-refractivity contribution is 4.95. The Morgan fingerprint density at radius 3 is 2.22 bits per heavy atom. The van der Waals surface area contributed by atoms with Gasteiger partial charge in [0.2, 0.25) is 0 Å². The van der Waals surface area contributed by atoms with Crippen LogP contribution in [0.1, 0.15) is 20.3 Å². The van der Waals surface area contributed by atoms with Gasteiger partial charge in [-0.15, -0.1) is 0 Å². The summed E-state index contributed by atoms with van der Waals surface area (Å²) in [5.41, 5.74) is 0.160. The van der Waals surface area contributed by atoms with Crippen LogP contribution < -0.4 is 5.32 Å². The Kier molecular flexibility index (Phi) is 3.90. The van der Waals surface area contributed by atoms with Gasteiger partial charge < -0.3 is 5.32 Å². The molecule has 2 fully saturated rings. The SMILES string of the molecule is CC1(C)CC(N2CCN(CC(F)(F)F)CC2)CN1. The molecule has 0 aliphatic carbocycles. The van der Waals surface area contributed by atoms with Crippen molar-refractivity contribution in [2.75, 3.05) is 39.3 Å². The molecule has 0 spiro atoms. The minimum Gasteiger partial charge on any atom is -0.310 e. The molecule has 1 atom stereocenters. The lowest BCUT2D eigenvalue weighted by atomic mass is 10.0. The van der Waals surface area contributed by atoms with Crippen LogP contribution in [0.2, 0.25) is 0 Å². The van der Waals surface area contributed by atoms with E-state index in [9.17, 15) is 13.2 Å². The molecule has 0 saturated carbocycles. The van der Waals surface area contributed by atoms with E-state index in [0.717, 1.165) is 26.1 Å². The summed E-state index contributed by atoms with van der Waals surface area (Å²) in [6.07, 6.45) is -2.99. The summed E-state index contributed by atoms with van der Waals surface area (Å²) in [6, 6.07) is 0.480. The van der Waals surface area contributed by atoms with Gasteiger partial charge in [0.15, 0.2) is 0 Å². The van der Waals surface area contributed by atoms with Crippen molar-refractivity contribution in [3.8, 4) is 0 Å². The number of hydrogen-bond acceptors (Lipinski definition) is 3. The van der Waals surface area contributed by atoms with Crippen molar-refractivity contribution >= 4 is 0 Å². The molecule has 2 heterocycles. The third-order valence-electron chi connectivity index (χ3n) is 3.89. The van der Waals surface area contributed by atoms with E-state index in [1.165, 1.54) is 4.90 Å². The molecule has 18 heavy (non-hydrogen) atoms. The number of nitrogens with zero attached hydrogens (tertiary/aromatic N) is 2. The zero-order valence-corrected chi connectivity index (χ0v) is 11.1. The first kappa shape index (κ1) is 14.1. The monoisotopic (exact) mass is 265 g/mol. The van der Waals surface area contributed by atoms with Gasteiger partial charge in [-0.1, -0.05) is 0 Å². The van der Waals surface area contributed by atoms with Crippen LogP contribution in [-0.2, 0) is 0 Å². The zero-order chi connectivity index (χ0) is 13.4. The second-order valence-corrected chi connectivity index (χ2v) is 6.05. The van der Waals surface area contributed by atoms with Crippen molar-refractivity contribution in [2.45, 2.75) is 38.0 Å². The fourth-order valence-corrected chi connectivity index (χ4v) is 2.93. The summed E-state index contributed by atoms with van der Waals surface area (Å²) < 4.78 is 36.8. The van der Waals surface area contributed by atoms with Gasteiger partial charge in [-0.3, -0.25) is 9.80 Å². The van der Waals surface area contributed by atoms with E-state index in [4.69, 9.17) is 0 Å². The van der Waals surface area contributed by atoms with Gasteiger partial charge in [-0.25, -0.2) is 0 Å². The molecule has 2 aliphatic heterocycles. The topological polar surface area (TPSA) is 18.5 Å². The van der Waals surface area contributed by atoms with Crippen LogP contribution in [0, 0.1) is 0 Å². The Labute approximate surface area is 106 Å². The standard InChI is InChI=1S/C12H22F3N3/c1-11(2)7-10(8-16-11)18-5-3-17(4-6-18)9-12(13,14)15/h10,16H,3-9H2,1-2H3. The number of hydrogen-bond donors (Lipinski definition) is 1. The smallest absolute Gasteiger partial charge is 0.310 e. The van der Waals surface area contributed by atoms with Crippen LogP contribution in [0.5, 0.6) is 0 Å². The van der Waals surface area contributed by atoms with E-state index < -0.39 is 12.7 Å². The maximum atomic E-state index is 12.3. The van der Waals surface area contributed by atoms with Crippen molar-refractivity contribution in [3.63, 3.8) is 0 Å². The van der Waals surface area contributed by atoms with Crippen molar-refractivity contribution in [3.05, 3.63) is 0 Å². The van der Waals surface area contributed by atoms with Crippen LogP contribution in [0.15, 0.2) is 0 Å². The fourth-order valence-electron chi connectivity index (χ4n) is 2.93. The molecule has 2 saturated heterocycles. The van der Waals surface area contributed by atoms with Gasteiger partial charge in [-0.05, 0) is 20.3 Å². The molecule has 6 heteroatoms. The van der Waals surface area contributed by atoms with Crippen molar-refractivity contribution in [2.24, 2.45) is 0 Å². The molecule has 0 radical (unpaired) electrons. The highest BCUT2D eigenvalue weighted by Crippen LogP contribution is 2.24. The number of alkyl halides is 3. The van der Waals surface area contributed by atoms with Crippen molar-refractivity contribution < 1.29 is 13.2 Å². The zero-order valence-electron chi connectivity index (χ0n) is 11.1. The van der Waals surface area contributed by atoms with Crippen molar-refractivity contribution in [1.82, 2.24) is 15.1 Å². The molecule has 0 aromatic carbocycles. The first-order chi connectivity index (χ1) is 8.25. The molecular formula is C12H22F3N3. The first-order valence-corrected chi connectivity index (χ1v) is 6.53. The summed E-state index contributed by atoms with van der Waals surface area (Å²) in [5.74, 6) is 0. The normalized spacial score (nSPS) is 30.8. The third-order valence-corrected chi connectivity index (χ3v) is 3.89. The van der Waals surface area contributed by atoms with E-state index in [2.05, 4.69) is 24.1 Å². The molecule has 0 amide bonds. The summed E-state index contributed by atoms with van der Waals surface area (Å²) >= 11 is 0. The summed E-state index contributed by atoms with van der Waals surface area (Å²) in [7, 11) is 0. The average molecular weight is 265 g/mol. The van der Waals surface area contributed by atoms with E-state index in [-0.39, 0.29) is 5.54 Å². The highest BCUT2D eigenvalue weighted by Gasteiger charge is 2.37. The van der Waals surface area contributed by atoms with Gasteiger partial charge in [0.1, 0.15) is 0 Å². The van der Waals surface area contributed by atoms with E-state index >= 15 is 0 Å². The average Bonchev–Trinajstić information content (AvgIpc) is 2.57. The quantitative estimate of drug-likeness (QED) is 0.812. The van der Waals surface area contributed by atoms with Gasteiger partial charge in [0.05, 0.1) is 6.54 Å². The number of nitrogens with one attached hydrogen (secondary N) is 1. The van der Waals surface area contributed by atoms with Crippen LogP contribution in [-0.4, -0.2) is 66.8 Å². The Morgan fingerprint density at radius 1 is 1.17 bits per heavy atom. The van der Waals surface area contributed by atoms with E-state index in [0.29, 0.717) is 19.1 Å². The van der Waals surface area contributed by atoms with Crippen LogP contribution in [0.25, 0.3) is 0 Å². The molecule has 0 aromatic heterocycles. The molecule has 2 aliphatic rings. The van der Waals surface area contributed by atoms with E-state index in [1.807, 2.05) is 0 Å². The summed E-state index contributed by atoms with van der Waals surface area (Å²) in [6.45, 7) is 7.07. The maximum Gasteiger partial charge on any atom is 0.401 e. The summed E-state index contributed by atoms with van der Waals surface area (Å²) in [4.78, 5) is 3.83. The van der Waals surface area contributed by atoms with Gasteiger partial charge >= 0.3 is 6.18 Å². The van der Waals surface area contributed by atoms with E-state index in [1.54, 1.807) is 0 Å². The first-order valence-electron chi connectivity index (χ1n) is 6.53. The minimum atomic E-state index is -4.07. The Hall–Kier alpha value is -0.330. The predicted molar refractivity (Wildman–Crippen MR) is 64.6 cm³/mol. The Morgan fingerprint density at radius 2 is 1.78 bits per heavy atom. The highest BCUT2D eigenvalue weighted by atomic mass is 19.4. The van der Waals surface area contributed by atoms with Crippen molar-refractivity contribution in [1.29, 1.82) is 0 Å². The molecular weight excluding hydrogens is 243 g/mol. The summed E-state index contributed by atoms with van der Waals surface area (Å²) in [5, 5.41) is 3.46. The fraction of sp³-hybridized carbons (Fsp3) is 1.00. The predicted octanol–water partition coefficient (Wildman–Crippen LogP) is 1.31. The second-order valence-electron chi connectivity index (χ2n) is 6.05. The lowest BCUT2D eigenvalue weighted by Crippen LogP contribution is -2.52. The molecule has 0 bridgehead atoms. The Balaban J connectivity index is 1.77. The molecule has 0 aromatic rings. The van der Waals surface area contributed by atoms with Crippen LogP contribution in [0.3, 0.4) is 0 Å². The van der Waals surface area contributed by atoms with Crippen LogP contribution >= 0.6 is 0 Å². The van der Waals surface area contributed by atoms with Crippen LogP contribution in [0.4, 0.5) is 13.2 Å². The molecule has 106 valence electrons. The number of halogens is 3. The molecule has 2 rings (SSSR count). The number of piperazine rings is 1. The van der Waals surface area contributed by atoms with Gasteiger partial charge in [0.25, 0.3) is 0 Å². The van der Waals surface area contributed by atoms with Gasteiger partial charge in [-0.2, -0.15) is 13.2 Å². The minimum absolute atomic E-state index is 0.160. The van der Waals surface area contributed by atoms with Gasteiger partial charge in [0, 0.05) is 44.3 Å². The Bertz CT molecular complexity index is 283. The lowest BCUT2D eigenvalue weighted by Gasteiger charge is -2.38. The maximum absolute atomic E-state index is 12.3. The molecule has 1 N–H and O–H groups in total.